The molecule has 4 nitrogen and oxygen atoms in total. The Morgan fingerprint density at radius 2 is 1.40 bits per heavy atom. The van der Waals surface area contributed by atoms with E-state index in [9.17, 15) is 9.59 Å². The van der Waals surface area contributed by atoms with Gasteiger partial charge in [0.1, 0.15) is 0 Å². The summed E-state index contributed by atoms with van der Waals surface area (Å²) >= 11 is 5.81. The third-order valence-corrected chi connectivity index (χ3v) is 4.10. The Hall–Kier alpha value is -2.85. The summed E-state index contributed by atoms with van der Waals surface area (Å²) in [5.74, 6) is -0.547. The molecule has 2 N–H and O–H groups in total. The van der Waals surface area contributed by atoms with Gasteiger partial charge in [0.25, 0.3) is 0 Å². The first-order valence-electron chi connectivity index (χ1n) is 7.90. The zero-order valence-electron chi connectivity index (χ0n) is 13.5. The van der Waals surface area contributed by atoms with E-state index in [2.05, 4.69) is 10.9 Å². The van der Waals surface area contributed by atoms with Crippen LogP contribution >= 0.6 is 11.6 Å². The van der Waals surface area contributed by atoms with Gasteiger partial charge in [0.2, 0.25) is 11.8 Å². The van der Waals surface area contributed by atoms with Gasteiger partial charge in [-0.1, -0.05) is 66.2 Å². The van der Waals surface area contributed by atoms with Crippen LogP contribution in [-0.2, 0) is 22.4 Å². The lowest BCUT2D eigenvalue weighted by atomic mass is 10.0. The summed E-state index contributed by atoms with van der Waals surface area (Å²) in [4.78, 5) is 24.0. The van der Waals surface area contributed by atoms with Gasteiger partial charge in [0.15, 0.2) is 0 Å². The molecule has 2 amide bonds. The average molecular weight is 353 g/mol. The average Bonchev–Trinajstić information content (AvgIpc) is 2.62. The predicted octanol–water partition coefficient (Wildman–Crippen LogP) is 3.43. The van der Waals surface area contributed by atoms with E-state index in [0.717, 1.165) is 21.9 Å². The van der Waals surface area contributed by atoms with Crippen molar-refractivity contribution in [3.8, 4) is 0 Å². The summed E-state index contributed by atoms with van der Waals surface area (Å²) in [5, 5.41) is 2.74. The number of nitrogens with one attached hydrogen (secondary N) is 2. The van der Waals surface area contributed by atoms with Crippen molar-refractivity contribution in [1.29, 1.82) is 0 Å². The fourth-order valence-electron chi connectivity index (χ4n) is 2.64. The highest BCUT2D eigenvalue weighted by molar-refractivity contribution is 6.30. The first-order valence-corrected chi connectivity index (χ1v) is 8.28. The molecule has 3 aromatic rings. The van der Waals surface area contributed by atoms with Crippen LogP contribution < -0.4 is 10.9 Å². The van der Waals surface area contributed by atoms with E-state index in [1.165, 1.54) is 0 Å². The highest BCUT2D eigenvalue weighted by Gasteiger charge is 2.09. The fourth-order valence-corrected chi connectivity index (χ4v) is 2.76. The van der Waals surface area contributed by atoms with Crippen molar-refractivity contribution in [3.05, 3.63) is 82.9 Å². The Balaban J connectivity index is 1.55. The molecule has 0 radical (unpaired) electrons. The summed E-state index contributed by atoms with van der Waals surface area (Å²) in [5.41, 5.74) is 6.65. The van der Waals surface area contributed by atoms with Crippen LogP contribution in [0.4, 0.5) is 0 Å². The summed E-state index contributed by atoms with van der Waals surface area (Å²) in [6.45, 7) is 0. The molecule has 0 saturated carbocycles. The van der Waals surface area contributed by atoms with Crippen LogP contribution in [0.1, 0.15) is 11.1 Å². The molecule has 0 aliphatic carbocycles. The summed E-state index contributed by atoms with van der Waals surface area (Å²) < 4.78 is 0. The number of carbonyl (C=O) groups is 2. The number of hydrogen-bond donors (Lipinski definition) is 2. The van der Waals surface area contributed by atoms with Crippen molar-refractivity contribution >= 4 is 34.2 Å². The number of carbonyl (C=O) groups excluding carboxylic acids is 2. The first-order chi connectivity index (χ1) is 12.1. The van der Waals surface area contributed by atoms with Crippen LogP contribution in [0.5, 0.6) is 0 Å². The third kappa shape index (κ3) is 4.58. The van der Waals surface area contributed by atoms with E-state index >= 15 is 0 Å². The SMILES string of the molecule is O=C(Cc1ccc(Cl)cc1)NNC(=O)Cc1cccc2ccccc12. The first kappa shape index (κ1) is 17.0. The van der Waals surface area contributed by atoms with E-state index in [4.69, 9.17) is 11.6 Å². The fraction of sp³-hybridized carbons (Fsp3) is 0.100. The maximum absolute atomic E-state index is 12.1. The molecule has 0 aromatic heterocycles. The molecule has 25 heavy (non-hydrogen) atoms. The molecule has 5 heteroatoms. The van der Waals surface area contributed by atoms with Gasteiger partial charge in [-0.3, -0.25) is 20.4 Å². The van der Waals surface area contributed by atoms with Crippen LogP contribution in [-0.4, -0.2) is 11.8 Å². The van der Waals surface area contributed by atoms with Gasteiger partial charge < -0.3 is 0 Å². The second-order valence-electron chi connectivity index (χ2n) is 5.71. The normalized spacial score (nSPS) is 10.4. The topological polar surface area (TPSA) is 58.2 Å². The highest BCUT2D eigenvalue weighted by atomic mass is 35.5. The Bertz CT molecular complexity index is 902. The van der Waals surface area contributed by atoms with E-state index in [1.54, 1.807) is 24.3 Å². The van der Waals surface area contributed by atoms with Crippen LogP contribution in [0.3, 0.4) is 0 Å². The zero-order valence-corrected chi connectivity index (χ0v) is 14.2. The second-order valence-corrected chi connectivity index (χ2v) is 6.15. The quantitative estimate of drug-likeness (QED) is 0.707. The molecule has 3 aromatic carbocycles. The van der Waals surface area contributed by atoms with E-state index in [0.29, 0.717) is 5.02 Å². The van der Waals surface area contributed by atoms with Crippen molar-refractivity contribution in [2.75, 3.05) is 0 Å². The predicted molar refractivity (Wildman–Crippen MR) is 99.1 cm³/mol. The molecular weight excluding hydrogens is 336 g/mol. The standard InChI is InChI=1S/C20H17ClN2O2/c21-17-10-8-14(9-11-17)12-19(24)22-23-20(25)13-16-6-3-5-15-4-1-2-7-18(15)16/h1-11H,12-13H2,(H,22,24)(H,23,25). The Kier molecular flexibility index (Phi) is 5.31. The van der Waals surface area contributed by atoms with E-state index in [-0.39, 0.29) is 24.7 Å². The van der Waals surface area contributed by atoms with Crippen molar-refractivity contribution in [2.45, 2.75) is 12.8 Å². The Labute approximate surface area is 150 Å². The van der Waals surface area contributed by atoms with Crippen LogP contribution in [0, 0.1) is 0 Å². The van der Waals surface area contributed by atoms with Crippen LogP contribution in [0.25, 0.3) is 10.8 Å². The molecule has 0 spiro atoms. The molecule has 3 rings (SSSR count). The minimum atomic E-state index is -0.284. The minimum absolute atomic E-state index is 0.172. The number of rotatable bonds is 4. The zero-order chi connectivity index (χ0) is 17.6. The third-order valence-electron chi connectivity index (χ3n) is 3.85. The largest absolute Gasteiger partial charge is 0.273 e. The monoisotopic (exact) mass is 352 g/mol. The summed E-state index contributed by atoms with van der Waals surface area (Å²) in [7, 11) is 0. The molecule has 0 fully saturated rings. The van der Waals surface area contributed by atoms with Gasteiger partial charge in [-0.25, -0.2) is 0 Å². The second kappa shape index (κ2) is 7.81. The van der Waals surface area contributed by atoms with Gasteiger partial charge in [-0.15, -0.1) is 0 Å². The number of fused-ring (bicyclic) bond motifs is 1. The minimum Gasteiger partial charge on any atom is -0.273 e. The highest BCUT2D eigenvalue weighted by Crippen LogP contribution is 2.18. The Morgan fingerprint density at radius 1 is 0.760 bits per heavy atom. The summed E-state index contributed by atoms with van der Waals surface area (Å²) in [6.07, 6.45) is 0.369. The van der Waals surface area contributed by atoms with Crippen molar-refractivity contribution in [2.24, 2.45) is 0 Å². The van der Waals surface area contributed by atoms with Crippen molar-refractivity contribution < 1.29 is 9.59 Å². The molecule has 0 saturated heterocycles. The van der Waals surface area contributed by atoms with Crippen LogP contribution in [0.2, 0.25) is 5.02 Å². The number of amides is 2. The molecule has 126 valence electrons. The van der Waals surface area contributed by atoms with Crippen molar-refractivity contribution in [3.63, 3.8) is 0 Å². The number of hydrazine groups is 1. The van der Waals surface area contributed by atoms with Gasteiger partial charge in [-0.05, 0) is 34.0 Å². The number of hydrogen-bond acceptors (Lipinski definition) is 2. The number of halogens is 1. The molecule has 0 aliphatic heterocycles. The Morgan fingerprint density at radius 3 is 2.16 bits per heavy atom. The maximum atomic E-state index is 12.1. The van der Waals surface area contributed by atoms with Gasteiger partial charge in [0, 0.05) is 5.02 Å². The van der Waals surface area contributed by atoms with Gasteiger partial charge >= 0.3 is 0 Å². The van der Waals surface area contributed by atoms with Gasteiger partial charge in [0.05, 0.1) is 12.8 Å². The van der Waals surface area contributed by atoms with Gasteiger partial charge in [-0.2, -0.15) is 0 Å². The molecular formula is C20H17ClN2O2. The molecule has 0 atom stereocenters. The summed E-state index contributed by atoms with van der Waals surface area (Å²) in [6, 6.07) is 20.7. The lowest BCUT2D eigenvalue weighted by molar-refractivity contribution is -0.128. The molecule has 0 aliphatic rings. The molecule has 0 heterocycles. The van der Waals surface area contributed by atoms with E-state index in [1.807, 2.05) is 42.5 Å². The van der Waals surface area contributed by atoms with E-state index < -0.39 is 0 Å². The smallest absolute Gasteiger partial charge is 0.242 e. The lowest BCUT2D eigenvalue weighted by Crippen LogP contribution is -2.43. The maximum Gasteiger partial charge on any atom is 0.242 e. The molecule has 0 unspecified atom stereocenters. The number of benzene rings is 3. The van der Waals surface area contributed by atoms with Crippen LogP contribution in [0.15, 0.2) is 66.7 Å². The lowest BCUT2D eigenvalue weighted by Gasteiger charge is -2.09. The molecule has 0 bridgehead atoms. The van der Waals surface area contributed by atoms with Crippen molar-refractivity contribution in [1.82, 2.24) is 10.9 Å².